The maximum absolute atomic E-state index is 4.01. The number of benzene rings is 1. The summed E-state index contributed by atoms with van der Waals surface area (Å²) in [5.74, 6) is 1.91. The van der Waals surface area contributed by atoms with E-state index in [1.54, 1.807) is 0 Å². The molecule has 1 fully saturated rings. The molecular formula is C13H17N5S. The molecule has 2 atom stereocenters. The number of thioether (sulfide) groups is 1. The predicted octanol–water partition coefficient (Wildman–Crippen LogP) is 2.56. The molecule has 0 radical (unpaired) electrons. The number of hydrogen-bond donors (Lipinski definition) is 2. The molecule has 2 aromatic rings. The summed E-state index contributed by atoms with van der Waals surface area (Å²) in [7, 11) is 0. The predicted molar refractivity (Wildman–Crippen MR) is 78.2 cm³/mol. The normalized spacial score (nSPS) is 23.2. The van der Waals surface area contributed by atoms with Gasteiger partial charge in [0.2, 0.25) is 5.82 Å². The fourth-order valence-corrected chi connectivity index (χ4v) is 3.50. The summed E-state index contributed by atoms with van der Waals surface area (Å²) in [4.78, 5) is 0. The van der Waals surface area contributed by atoms with Crippen molar-refractivity contribution in [3.63, 3.8) is 0 Å². The van der Waals surface area contributed by atoms with E-state index in [2.05, 4.69) is 45.0 Å². The first-order chi connectivity index (χ1) is 9.33. The second kappa shape index (κ2) is 5.61. The first kappa shape index (κ1) is 12.5. The lowest BCUT2D eigenvalue weighted by molar-refractivity contribution is 0.617. The Morgan fingerprint density at radius 2 is 2.37 bits per heavy atom. The van der Waals surface area contributed by atoms with Crippen LogP contribution in [0.2, 0.25) is 0 Å². The van der Waals surface area contributed by atoms with E-state index in [0.717, 1.165) is 11.3 Å². The minimum Gasteiger partial charge on any atom is -0.381 e. The van der Waals surface area contributed by atoms with E-state index in [-0.39, 0.29) is 0 Å². The number of nitrogens with one attached hydrogen (secondary N) is 2. The molecule has 1 aliphatic heterocycles. The molecule has 19 heavy (non-hydrogen) atoms. The Morgan fingerprint density at radius 1 is 1.42 bits per heavy atom. The van der Waals surface area contributed by atoms with Crippen molar-refractivity contribution in [3.8, 4) is 11.4 Å². The van der Waals surface area contributed by atoms with Crippen LogP contribution in [0, 0.1) is 0 Å². The highest BCUT2D eigenvalue weighted by Crippen LogP contribution is 2.28. The summed E-state index contributed by atoms with van der Waals surface area (Å²) in [5, 5.41) is 18.4. The van der Waals surface area contributed by atoms with Crippen LogP contribution < -0.4 is 5.32 Å². The third kappa shape index (κ3) is 2.89. The Balaban J connectivity index is 1.76. The number of aromatic amines is 1. The van der Waals surface area contributed by atoms with E-state index < -0.39 is 0 Å². The molecule has 0 bridgehead atoms. The number of tetrazole rings is 1. The van der Waals surface area contributed by atoms with E-state index >= 15 is 0 Å². The summed E-state index contributed by atoms with van der Waals surface area (Å²) in [5.41, 5.74) is 2.11. The first-order valence-corrected chi connectivity index (χ1v) is 7.60. The Labute approximate surface area is 116 Å². The molecule has 0 saturated carbocycles. The first-order valence-electron chi connectivity index (χ1n) is 6.55. The lowest BCUT2D eigenvalue weighted by Gasteiger charge is -2.30. The van der Waals surface area contributed by atoms with Gasteiger partial charge in [-0.15, -0.1) is 10.2 Å². The Hall–Kier alpha value is -1.56. The van der Waals surface area contributed by atoms with Crippen LogP contribution in [0.5, 0.6) is 0 Å². The van der Waals surface area contributed by atoms with Gasteiger partial charge in [-0.3, -0.25) is 0 Å². The summed E-state index contributed by atoms with van der Waals surface area (Å²) in [6.07, 6.45) is 2.53. The second-order valence-corrected chi connectivity index (χ2v) is 6.27. The quantitative estimate of drug-likeness (QED) is 0.901. The Bertz CT molecular complexity index is 528. The number of rotatable bonds is 3. The van der Waals surface area contributed by atoms with E-state index in [1.165, 1.54) is 18.6 Å². The Kier molecular flexibility index (Phi) is 3.68. The van der Waals surface area contributed by atoms with Crippen LogP contribution in [0.3, 0.4) is 0 Å². The van der Waals surface area contributed by atoms with Crippen molar-refractivity contribution in [1.82, 2.24) is 20.6 Å². The minimum atomic E-state index is 0.541. The topological polar surface area (TPSA) is 66.5 Å². The zero-order valence-electron chi connectivity index (χ0n) is 10.8. The summed E-state index contributed by atoms with van der Waals surface area (Å²) in [6.45, 7) is 2.30. The van der Waals surface area contributed by atoms with E-state index in [4.69, 9.17) is 0 Å². The van der Waals surface area contributed by atoms with E-state index in [0.29, 0.717) is 17.1 Å². The molecule has 1 aliphatic rings. The number of hydrogen-bond acceptors (Lipinski definition) is 5. The molecule has 0 aliphatic carbocycles. The fourth-order valence-electron chi connectivity index (χ4n) is 2.36. The lowest BCUT2D eigenvalue weighted by atomic mass is 10.1. The molecule has 3 rings (SSSR count). The molecule has 100 valence electrons. The third-order valence-corrected chi connectivity index (χ3v) is 4.80. The van der Waals surface area contributed by atoms with Gasteiger partial charge in [0.25, 0.3) is 0 Å². The third-order valence-electron chi connectivity index (χ3n) is 3.43. The number of aromatic nitrogens is 4. The van der Waals surface area contributed by atoms with Gasteiger partial charge in [-0.1, -0.05) is 19.1 Å². The van der Waals surface area contributed by atoms with Crippen LogP contribution in [-0.2, 0) is 0 Å². The molecule has 2 N–H and O–H groups in total. The van der Waals surface area contributed by atoms with Crippen LogP contribution in [0.1, 0.15) is 19.8 Å². The van der Waals surface area contributed by atoms with Gasteiger partial charge in [-0.05, 0) is 35.9 Å². The van der Waals surface area contributed by atoms with Gasteiger partial charge in [0.1, 0.15) is 0 Å². The molecule has 1 saturated heterocycles. The standard InChI is InChI=1S/C13H17N5S/c1-9-12(6-3-7-19-9)14-11-5-2-4-10(8-11)13-15-17-18-16-13/h2,4-5,8-9,12,14H,3,6-7H2,1H3,(H,15,16,17,18). The van der Waals surface area contributed by atoms with Crippen molar-refractivity contribution in [2.45, 2.75) is 31.1 Å². The highest BCUT2D eigenvalue weighted by atomic mass is 32.2. The molecule has 1 aromatic heterocycles. The van der Waals surface area contributed by atoms with Crippen molar-refractivity contribution >= 4 is 17.4 Å². The molecule has 5 nitrogen and oxygen atoms in total. The number of anilines is 1. The van der Waals surface area contributed by atoms with Crippen LogP contribution in [0.4, 0.5) is 5.69 Å². The average molecular weight is 275 g/mol. The van der Waals surface area contributed by atoms with Crippen molar-refractivity contribution in [2.24, 2.45) is 0 Å². The van der Waals surface area contributed by atoms with Crippen LogP contribution in [-0.4, -0.2) is 37.7 Å². The zero-order valence-corrected chi connectivity index (χ0v) is 11.7. The van der Waals surface area contributed by atoms with Crippen LogP contribution >= 0.6 is 11.8 Å². The van der Waals surface area contributed by atoms with Crippen molar-refractivity contribution < 1.29 is 0 Å². The van der Waals surface area contributed by atoms with Gasteiger partial charge in [0.05, 0.1) is 0 Å². The minimum absolute atomic E-state index is 0.541. The summed E-state index contributed by atoms with van der Waals surface area (Å²) >= 11 is 2.05. The van der Waals surface area contributed by atoms with Crippen LogP contribution in [0.15, 0.2) is 24.3 Å². The van der Waals surface area contributed by atoms with Gasteiger partial charge in [0.15, 0.2) is 0 Å². The van der Waals surface area contributed by atoms with E-state index in [9.17, 15) is 0 Å². The summed E-state index contributed by atoms with van der Waals surface area (Å²) in [6, 6.07) is 8.73. The van der Waals surface area contributed by atoms with Crippen molar-refractivity contribution in [3.05, 3.63) is 24.3 Å². The SMILES string of the molecule is CC1SCCCC1Nc1cccc(-c2nn[nH]n2)c1. The highest BCUT2D eigenvalue weighted by Gasteiger charge is 2.21. The van der Waals surface area contributed by atoms with Crippen molar-refractivity contribution in [1.29, 1.82) is 0 Å². The largest absolute Gasteiger partial charge is 0.381 e. The van der Waals surface area contributed by atoms with Gasteiger partial charge in [-0.25, -0.2) is 0 Å². The molecule has 0 spiro atoms. The van der Waals surface area contributed by atoms with Gasteiger partial charge < -0.3 is 5.32 Å². The molecule has 1 aromatic carbocycles. The zero-order chi connectivity index (χ0) is 13.1. The van der Waals surface area contributed by atoms with Crippen LogP contribution in [0.25, 0.3) is 11.4 Å². The highest BCUT2D eigenvalue weighted by molar-refractivity contribution is 8.00. The fraction of sp³-hybridized carbons (Fsp3) is 0.462. The Morgan fingerprint density at radius 3 is 3.16 bits per heavy atom. The average Bonchev–Trinajstić information content (AvgIpc) is 2.96. The maximum atomic E-state index is 4.01. The van der Waals surface area contributed by atoms with Crippen molar-refractivity contribution in [2.75, 3.05) is 11.1 Å². The van der Waals surface area contributed by atoms with Gasteiger partial charge >= 0.3 is 0 Å². The van der Waals surface area contributed by atoms with E-state index in [1.807, 2.05) is 23.9 Å². The van der Waals surface area contributed by atoms with Gasteiger partial charge in [0, 0.05) is 22.5 Å². The maximum Gasteiger partial charge on any atom is 0.204 e. The molecule has 0 amide bonds. The molecular weight excluding hydrogens is 258 g/mol. The molecule has 2 heterocycles. The second-order valence-electron chi connectivity index (χ2n) is 4.79. The molecule has 2 unspecified atom stereocenters. The summed E-state index contributed by atoms with van der Waals surface area (Å²) < 4.78 is 0. The lowest BCUT2D eigenvalue weighted by Crippen LogP contribution is -2.32. The number of nitrogens with zero attached hydrogens (tertiary/aromatic N) is 3. The molecule has 6 heteroatoms. The number of H-pyrrole nitrogens is 1. The van der Waals surface area contributed by atoms with Gasteiger partial charge in [-0.2, -0.15) is 17.0 Å². The monoisotopic (exact) mass is 275 g/mol. The smallest absolute Gasteiger partial charge is 0.204 e.